The van der Waals surface area contributed by atoms with Crippen molar-refractivity contribution in [2.45, 2.75) is 25.6 Å². The van der Waals surface area contributed by atoms with Gasteiger partial charge in [0.25, 0.3) is 5.69 Å². The molecule has 0 saturated carbocycles. The fraction of sp³-hybridized carbons (Fsp3) is 0.308. The molecule has 116 valence electrons. The lowest BCUT2D eigenvalue weighted by Gasteiger charge is -2.30. The van der Waals surface area contributed by atoms with Crippen LogP contribution in [0.4, 0.5) is 5.69 Å². The second kappa shape index (κ2) is 5.76. The molecule has 1 aromatic rings. The number of hydrogen-bond donors (Lipinski definition) is 1. The van der Waals surface area contributed by atoms with Gasteiger partial charge in [-0.1, -0.05) is 23.9 Å². The fourth-order valence-corrected chi connectivity index (χ4v) is 3.29. The third-order valence-corrected chi connectivity index (χ3v) is 4.25. The molecular formula is C13H14N4O4S. The molecule has 0 fully saturated rings. The molecular weight excluding hydrogens is 308 g/mol. The predicted octanol–water partition coefficient (Wildman–Crippen LogP) is 1.77. The van der Waals surface area contributed by atoms with E-state index in [1.807, 2.05) is 0 Å². The van der Waals surface area contributed by atoms with E-state index in [2.05, 4.69) is 10.4 Å². The summed E-state index contributed by atoms with van der Waals surface area (Å²) in [7, 11) is 0. The van der Waals surface area contributed by atoms with Crippen LogP contribution in [0.2, 0.25) is 0 Å². The maximum Gasteiger partial charge on any atom is 0.269 e. The summed E-state index contributed by atoms with van der Waals surface area (Å²) in [5.74, 6) is -0.639. The number of non-ortho nitro benzene ring substituents is 1. The van der Waals surface area contributed by atoms with Crippen LogP contribution in [0, 0.1) is 10.1 Å². The number of carbonyl (C=O) groups excluding carboxylic acids is 2. The quantitative estimate of drug-likeness (QED) is 0.660. The summed E-state index contributed by atoms with van der Waals surface area (Å²) >= 11 is 1.15. The molecule has 2 amide bonds. The summed E-state index contributed by atoms with van der Waals surface area (Å²) in [5, 5.41) is 19.0. The minimum Gasteiger partial charge on any atom is -0.304 e. The molecule has 2 rings (SSSR count). The minimum atomic E-state index is -0.963. The molecule has 0 bridgehead atoms. The van der Waals surface area contributed by atoms with Gasteiger partial charge in [-0.15, -0.1) is 5.10 Å². The van der Waals surface area contributed by atoms with Gasteiger partial charge in [-0.05, 0) is 12.5 Å². The molecule has 1 heterocycles. The average molecular weight is 322 g/mol. The van der Waals surface area contributed by atoms with Crippen LogP contribution in [0.5, 0.6) is 0 Å². The van der Waals surface area contributed by atoms with Crippen LogP contribution in [0.15, 0.2) is 29.4 Å². The fourth-order valence-electron chi connectivity index (χ4n) is 2.10. The number of hydrogen-bond acceptors (Lipinski definition) is 6. The molecule has 0 aliphatic carbocycles. The Kier molecular flexibility index (Phi) is 4.18. The highest BCUT2D eigenvalue weighted by Crippen LogP contribution is 2.45. The number of benzene rings is 1. The van der Waals surface area contributed by atoms with E-state index in [0.717, 1.165) is 11.8 Å². The van der Waals surface area contributed by atoms with Crippen molar-refractivity contribution >= 4 is 34.4 Å². The Bertz CT molecular complexity index is 690. The number of nitro groups is 1. The molecule has 0 saturated heterocycles. The van der Waals surface area contributed by atoms with Crippen molar-refractivity contribution in [3.8, 4) is 0 Å². The summed E-state index contributed by atoms with van der Waals surface area (Å²) in [6.45, 7) is 4.40. The Morgan fingerprint density at radius 1 is 1.41 bits per heavy atom. The number of amidine groups is 1. The molecule has 1 atom stereocenters. The summed E-state index contributed by atoms with van der Waals surface area (Å²) in [6.07, 6.45) is 0. The van der Waals surface area contributed by atoms with E-state index in [0.29, 0.717) is 5.56 Å². The molecule has 1 aliphatic heterocycles. The summed E-state index contributed by atoms with van der Waals surface area (Å²) in [6, 6.07) is 6.01. The first kappa shape index (κ1) is 16.0. The molecule has 1 aliphatic rings. The zero-order valence-electron chi connectivity index (χ0n) is 12.2. The molecule has 22 heavy (non-hydrogen) atoms. The van der Waals surface area contributed by atoms with Gasteiger partial charge >= 0.3 is 0 Å². The van der Waals surface area contributed by atoms with Crippen LogP contribution in [0.25, 0.3) is 0 Å². The van der Waals surface area contributed by atoms with E-state index in [1.54, 1.807) is 19.1 Å². The van der Waals surface area contributed by atoms with Gasteiger partial charge < -0.3 is 5.32 Å². The largest absolute Gasteiger partial charge is 0.304 e. The van der Waals surface area contributed by atoms with Gasteiger partial charge in [0.2, 0.25) is 11.8 Å². The maximum absolute atomic E-state index is 11.8. The summed E-state index contributed by atoms with van der Waals surface area (Å²) in [4.78, 5) is 32.5. The van der Waals surface area contributed by atoms with Gasteiger partial charge in [-0.3, -0.25) is 19.7 Å². The van der Waals surface area contributed by atoms with E-state index < -0.39 is 9.79 Å². The van der Waals surface area contributed by atoms with Gasteiger partial charge in [0.15, 0.2) is 5.17 Å². The van der Waals surface area contributed by atoms with Crippen molar-refractivity contribution in [3.05, 3.63) is 39.9 Å². The minimum absolute atomic E-state index is 0.0733. The smallest absolute Gasteiger partial charge is 0.269 e. The van der Waals surface area contributed by atoms with Crippen LogP contribution in [-0.4, -0.2) is 26.9 Å². The van der Waals surface area contributed by atoms with Gasteiger partial charge in [0.1, 0.15) is 4.87 Å². The summed E-state index contributed by atoms with van der Waals surface area (Å²) in [5.41, 5.74) is 0.474. The molecule has 1 N–H and O–H groups in total. The first-order chi connectivity index (χ1) is 10.2. The lowest BCUT2D eigenvalue weighted by molar-refractivity contribution is -0.385. The number of nitrogens with zero attached hydrogens (tertiary/aromatic N) is 3. The summed E-state index contributed by atoms with van der Waals surface area (Å²) < 4.78 is 0. The zero-order chi connectivity index (χ0) is 16.5. The molecule has 8 nitrogen and oxygen atoms in total. The van der Waals surface area contributed by atoms with Gasteiger partial charge in [-0.25, -0.2) is 5.01 Å². The van der Waals surface area contributed by atoms with E-state index in [1.165, 1.54) is 31.0 Å². The average Bonchev–Trinajstić information content (AvgIpc) is 2.76. The number of hydrazone groups is 1. The topological polar surface area (TPSA) is 105 Å². The Balaban J connectivity index is 2.43. The molecule has 9 heteroatoms. The monoisotopic (exact) mass is 322 g/mol. The normalized spacial score (nSPS) is 20.5. The zero-order valence-corrected chi connectivity index (χ0v) is 13.0. The molecule has 0 aromatic heterocycles. The lowest BCUT2D eigenvalue weighted by Crippen LogP contribution is -2.37. The van der Waals surface area contributed by atoms with E-state index in [-0.39, 0.29) is 22.7 Å². The maximum atomic E-state index is 11.8. The molecule has 0 radical (unpaired) electrons. The Morgan fingerprint density at radius 3 is 2.64 bits per heavy atom. The van der Waals surface area contributed by atoms with Crippen molar-refractivity contribution in [2.75, 3.05) is 0 Å². The third kappa shape index (κ3) is 2.93. The SMILES string of the molecule is CC(=O)NC1=NN(C(C)=O)[C@@](C)(c2cccc([N+](=O)[O-])c2)S1. The predicted molar refractivity (Wildman–Crippen MR) is 81.8 cm³/mol. The van der Waals surface area contributed by atoms with Crippen molar-refractivity contribution in [1.29, 1.82) is 0 Å². The highest BCUT2D eigenvalue weighted by Gasteiger charge is 2.44. The molecule has 1 aromatic carbocycles. The van der Waals surface area contributed by atoms with Gasteiger partial charge in [-0.2, -0.15) is 0 Å². The Hall–Kier alpha value is -2.42. The highest BCUT2D eigenvalue weighted by molar-refractivity contribution is 8.14. The number of amides is 2. The number of thioether (sulfide) groups is 1. The number of carbonyl (C=O) groups is 2. The van der Waals surface area contributed by atoms with Crippen molar-refractivity contribution in [3.63, 3.8) is 0 Å². The van der Waals surface area contributed by atoms with Crippen molar-refractivity contribution in [1.82, 2.24) is 10.3 Å². The first-order valence-corrected chi connectivity index (χ1v) is 7.16. The van der Waals surface area contributed by atoms with Crippen LogP contribution in [0.3, 0.4) is 0 Å². The standard InChI is InChI=1S/C13H14N4O4S/c1-8(18)14-12-15-16(9(2)19)13(3,22-12)10-5-4-6-11(7-10)17(20)21/h4-7H,1-3H3,(H,14,15,18)/t13-/m1/s1. The highest BCUT2D eigenvalue weighted by atomic mass is 32.2. The molecule has 0 unspecified atom stereocenters. The Morgan fingerprint density at radius 2 is 2.09 bits per heavy atom. The second-order valence-electron chi connectivity index (χ2n) is 4.81. The van der Waals surface area contributed by atoms with E-state index >= 15 is 0 Å². The number of rotatable bonds is 2. The molecule has 0 spiro atoms. The van der Waals surface area contributed by atoms with Crippen molar-refractivity contribution in [2.24, 2.45) is 5.10 Å². The first-order valence-electron chi connectivity index (χ1n) is 6.35. The van der Waals surface area contributed by atoms with Gasteiger partial charge in [0, 0.05) is 26.0 Å². The van der Waals surface area contributed by atoms with E-state index in [4.69, 9.17) is 0 Å². The number of nitro benzene ring substituents is 1. The Labute approximate surface area is 130 Å². The lowest BCUT2D eigenvalue weighted by atomic mass is 10.1. The third-order valence-electron chi connectivity index (χ3n) is 3.06. The second-order valence-corrected chi connectivity index (χ2v) is 6.20. The van der Waals surface area contributed by atoms with E-state index in [9.17, 15) is 19.7 Å². The van der Waals surface area contributed by atoms with Crippen LogP contribution >= 0.6 is 11.8 Å². The number of nitrogens with one attached hydrogen (secondary N) is 1. The van der Waals surface area contributed by atoms with Crippen LogP contribution in [-0.2, 0) is 14.5 Å². The van der Waals surface area contributed by atoms with Crippen LogP contribution in [0.1, 0.15) is 26.3 Å². The van der Waals surface area contributed by atoms with Crippen molar-refractivity contribution < 1.29 is 14.5 Å². The van der Waals surface area contributed by atoms with Crippen LogP contribution < -0.4 is 5.32 Å². The van der Waals surface area contributed by atoms with Gasteiger partial charge in [0.05, 0.1) is 4.92 Å².